The SMILES string of the molecule is CC(C)N(C)c1cc(C(=O)O)cc(Cl)n1.O=C(O)c1cc(Cl)nc(Cl)c1. The van der Waals surface area contributed by atoms with Crippen molar-refractivity contribution < 1.29 is 19.8 Å². The van der Waals surface area contributed by atoms with Gasteiger partial charge in [-0.2, -0.15) is 0 Å². The van der Waals surface area contributed by atoms with Crippen molar-refractivity contribution in [2.24, 2.45) is 0 Å². The summed E-state index contributed by atoms with van der Waals surface area (Å²) >= 11 is 16.6. The van der Waals surface area contributed by atoms with Crippen molar-refractivity contribution in [3.8, 4) is 0 Å². The van der Waals surface area contributed by atoms with Crippen molar-refractivity contribution >= 4 is 52.6 Å². The highest BCUT2D eigenvalue weighted by molar-refractivity contribution is 6.33. The molecule has 10 heteroatoms. The molecule has 0 saturated heterocycles. The Morgan fingerprint density at radius 1 is 0.885 bits per heavy atom. The fraction of sp³-hybridized carbons (Fsp3) is 0.250. The van der Waals surface area contributed by atoms with Crippen LogP contribution in [-0.4, -0.2) is 45.2 Å². The van der Waals surface area contributed by atoms with Crippen molar-refractivity contribution in [1.82, 2.24) is 9.97 Å². The van der Waals surface area contributed by atoms with Gasteiger partial charge >= 0.3 is 11.9 Å². The fourth-order valence-corrected chi connectivity index (χ4v) is 2.30. The molecule has 2 heterocycles. The average molecular weight is 421 g/mol. The number of aromatic carboxylic acids is 2. The average Bonchev–Trinajstić information content (AvgIpc) is 2.53. The van der Waals surface area contributed by atoms with Gasteiger partial charge in [0.15, 0.2) is 0 Å². The number of halogens is 3. The summed E-state index contributed by atoms with van der Waals surface area (Å²) < 4.78 is 0. The van der Waals surface area contributed by atoms with Crippen LogP contribution in [0.15, 0.2) is 24.3 Å². The van der Waals surface area contributed by atoms with Gasteiger partial charge in [-0.05, 0) is 38.1 Å². The van der Waals surface area contributed by atoms with Gasteiger partial charge in [-0.25, -0.2) is 19.6 Å². The minimum absolute atomic E-state index is 0.0370. The van der Waals surface area contributed by atoms with Crippen LogP contribution in [0.3, 0.4) is 0 Å². The van der Waals surface area contributed by atoms with Gasteiger partial charge in [0.1, 0.15) is 21.3 Å². The standard InChI is InChI=1S/C10H13ClN2O2.C6H3Cl2NO2/c1-6(2)13(3)9-5-7(10(14)15)4-8(11)12-9;7-4-1-3(6(10)11)2-5(8)9-4/h4-6H,1-3H3,(H,14,15);1-2H,(H,10,11). The first kappa shape index (κ1) is 22.0. The van der Waals surface area contributed by atoms with Crippen molar-refractivity contribution in [1.29, 1.82) is 0 Å². The molecule has 2 aromatic heterocycles. The van der Waals surface area contributed by atoms with E-state index in [0.29, 0.717) is 5.82 Å². The predicted molar refractivity (Wildman–Crippen MR) is 101 cm³/mol. The monoisotopic (exact) mass is 419 g/mol. The number of carbonyl (C=O) groups is 2. The Morgan fingerprint density at radius 2 is 1.27 bits per heavy atom. The molecule has 2 N–H and O–H groups in total. The number of carboxylic acids is 2. The summed E-state index contributed by atoms with van der Waals surface area (Å²) in [6, 6.07) is 5.54. The Hall–Kier alpha value is -2.09. The van der Waals surface area contributed by atoms with E-state index in [-0.39, 0.29) is 32.6 Å². The topological polar surface area (TPSA) is 104 Å². The van der Waals surface area contributed by atoms with E-state index in [1.165, 1.54) is 24.3 Å². The molecule has 0 aliphatic heterocycles. The minimum atomic E-state index is -1.07. The van der Waals surface area contributed by atoms with E-state index < -0.39 is 11.9 Å². The third-order valence-electron chi connectivity index (χ3n) is 3.17. The molecule has 2 aromatic rings. The molecule has 2 rings (SSSR count). The van der Waals surface area contributed by atoms with E-state index >= 15 is 0 Å². The van der Waals surface area contributed by atoms with Gasteiger partial charge in [0.25, 0.3) is 0 Å². The van der Waals surface area contributed by atoms with Crippen LogP contribution >= 0.6 is 34.8 Å². The zero-order valence-electron chi connectivity index (χ0n) is 14.1. The van der Waals surface area contributed by atoms with Crippen molar-refractivity contribution in [2.75, 3.05) is 11.9 Å². The predicted octanol–water partition coefficient (Wildman–Crippen LogP) is 4.36. The van der Waals surface area contributed by atoms with Crippen molar-refractivity contribution in [3.63, 3.8) is 0 Å². The van der Waals surface area contributed by atoms with Gasteiger partial charge in [0.05, 0.1) is 11.1 Å². The van der Waals surface area contributed by atoms with Crippen LogP contribution in [0.25, 0.3) is 0 Å². The van der Waals surface area contributed by atoms with Crippen LogP contribution < -0.4 is 4.90 Å². The Labute approximate surface area is 165 Å². The highest BCUT2D eigenvalue weighted by Gasteiger charge is 2.12. The Kier molecular flexibility index (Phi) is 8.08. The molecular formula is C16H16Cl3N3O4. The summed E-state index contributed by atoms with van der Waals surface area (Å²) in [5, 5.41) is 17.7. The zero-order valence-corrected chi connectivity index (χ0v) is 16.3. The number of rotatable bonds is 4. The number of hydrogen-bond donors (Lipinski definition) is 2. The Bertz CT molecular complexity index is 795. The lowest BCUT2D eigenvalue weighted by Gasteiger charge is -2.22. The van der Waals surface area contributed by atoms with E-state index in [4.69, 9.17) is 45.0 Å². The molecule has 140 valence electrons. The lowest BCUT2D eigenvalue weighted by molar-refractivity contribution is 0.0686. The molecule has 0 atom stereocenters. The van der Waals surface area contributed by atoms with Crippen LogP contribution in [0.1, 0.15) is 34.6 Å². The van der Waals surface area contributed by atoms with Crippen LogP contribution in [0, 0.1) is 0 Å². The van der Waals surface area contributed by atoms with Crippen molar-refractivity contribution in [2.45, 2.75) is 19.9 Å². The molecule has 0 amide bonds. The first-order valence-corrected chi connectivity index (χ1v) is 8.34. The third kappa shape index (κ3) is 6.67. The van der Waals surface area contributed by atoms with Gasteiger partial charge < -0.3 is 15.1 Å². The lowest BCUT2D eigenvalue weighted by atomic mass is 10.2. The smallest absolute Gasteiger partial charge is 0.335 e. The quantitative estimate of drug-likeness (QED) is 0.708. The first-order valence-electron chi connectivity index (χ1n) is 7.21. The number of nitrogens with zero attached hydrogens (tertiary/aromatic N) is 3. The molecule has 0 spiro atoms. The van der Waals surface area contributed by atoms with Crippen LogP contribution in [0.2, 0.25) is 15.5 Å². The largest absolute Gasteiger partial charge is 0.478 e. The maximum Gasteiger partial charge on any atom is 0.335 e. The lowest BCUT2D eigenvalue weighted by Crippen LogP contribution is -2.26. The molecule has 0 aromatic carbocycles. The van der Waals surface area contributed by atoms with Gasteiger partial charge in [-0.15, -0.1) is 0 Å². The maximum absolute atomic E-state index is 10.8. The highest BCUT2D eigenvalue weighted by atomic mass is 35.5. The summed E-state index contributed by atoms with van der Waals surface area (Å²) in [4.78, 5) is 30.7. The summed E-state index contributed by atoms with van der Waals surface area (Å²) in [7, 11) is 1.84. The normalized spacial score (nSPS) is 10.1. The second-order valence-corrected chi connectivity index (χ2v) is 6.51. The fourth-order valence-electron chi connectivity index (χ4n) is 1.64. The number of carboxylic acid groups (broad SMARTS) is 2. The van der Waals surface area contributed by atoms with E-state index in [0.717, 1.165) is 0 Å². The molecular weight excluding hydrogens is 405 g/mol. The molecule has 0 aliphatic carbocycles. The van der Waals surface area contributed by atoms with Gasteiger partial charge in [-0.3, -0.25) is 0 Å². The number of aromatic nitrogens is 2. The van der Waals surface area contributed by atoms with E-state index in [2.05, 4.69) is 9.97 Å². The molecule has 0 aliphatic rings. The summed E-state index contributed by atoms with van der Waals surface area (Å²) in [5.41, 5.74) is 0.188. The molecule has 26 heavy (non-hydrogen) atoms. The third-order valence-corrected chi connectivity index (χ3v) is 3.75. The molecule has 0 radical (unpaired) electrons. The molecule has 0 unspecified atom stereocenters. The summed E-state index contributed by atoms with van der Waals surface area (Å²) in [6.45, 7) is 3.98. The number of hydrogen-bond acceptors (Lipinski definition) is 5. The molecule has 0 fully saturated rings. The minimum Gasteiger partial charge on any atom is -0.478 e. The summed E-state index contributed by atoms with van der Waals surface area (Å²) in [6.07, 6.45) is 0. The highest BCUT2D eigenvalue weighted by Crippen LogP contribution is 2.18. The Balaban J connectivity index is 0.000000273. The molecule has 0 bridgehead atoms. The zero-order chi connectivity index (χ0) is 20.0. The van der Waals surface area contributed by atoms with Gasteiger partial charge in [0, 0.05) is 13.1 Å². The van der Waals surface area contributed by atoms with E-state index in [1.807, 2.05) is 25.8 Å². The second-order valence-electron chi connectivity index (χ2n) is 5.35. The van der Waals surface area contributed by atoms with E-state index in [9.17, 15) is 9.59 Å². The molecule has 0 saturated carbocycles. The second kappa shape index (κ2) is 9.56. The van der Waals surface area contributed by atoms with Crippen molar-refractivity contribution in [3.05, 3.63) is 50.9 Å². The van der Waals surface area contributed by atoms with Crippen LogP contribution in [-0.2, 0) is 0 Å². The molecule has 7 nitrogen and oxygen atoms in total. The van der Waals surface area contributed by atoms with Gasteiger partial charge in [0.2, 0.25) is 0 Å². The number of pyridine rings is 2. The first-order chi connectivity index (χ1) is 12.0. The maximum atomic E-state index is 10.8. The van der Waals surface area contributed by atoms with Gasteiger partial charge in [-0.1, -0.05) is 34.8 Å². The summed E-state index contributed by atoms with van der Waals surface area (Å²) in [5.74, 6) is -1.51. The Morgan fingerprint density at radius 3 is 1.65 bits per heavy atom. The number of anilines is 1. The van der Waals surface area contributed by atoms with Crippen LogP contribution in [0.5, 0.6) is 0 Å². The van der Waals surface area contributed by atoms with Crippen LogP contribution in [0.4, 0.5) is 5.82 Å². The van der Waals surface area contributed by atoms with E-state index in [1.54, 1.807) is 0 Å².